The monoisotopic (exact) mass is 318 g/mol. The molecule has 1 N–H and O–H groups in total. The molecule has 3 rings (SSSR count). The predicted octanol–water partition coefficient (Wildman–Crippen LogP) is 2.65. The quantitative estimate of drug-likeness (QED) is 0.928. The third-order valence-corrected chi connectivity index (χ3v) is 4.77. The number of nitrogens with zero attached hydrogens (tertiary/aromatic N) is 1. The lowest BCUT2D eigenvalue weighted by Gasteiger charge is -2.39. The number of piperidine rings is 1. The first-order valence-electron chi connectivity index (χ1n) is 8.43. The summed E-state index contributed by atoms with van der Waals surface area (Å²) in [4.78, 5) is 26.7. The average molecular weight is 318 g/mol. The van der Waals surface area contributed by atoms with Gasteiger partial charge in [-0.15, -0.1) is 0 Å². The number of carbonyl (C=O) groups is 2. The number of amides is 2. The van der Waals surface area contributed by atoms with Gasteiger partial charge in [0, 0.05) is 19.0 Å². The maximum Gasteiger partial charge on any atom is 0.226 e. The molecule has 2 fully saturated rings. The van der Waals surface area contributed by atoms with Crippen LogP contribution in [0.15, 0.2) is 24.3 Å². The van der Waals surface area contributed by atoms with Gasteiger partial charge in [0.15, 0.2) is 0 Å². The van der Waals surface area contributed by atoms with Crippen molar-refractivity contribution in [1.29, 1.82) is 0 Å². The average Bonchev–Trinajstić information content (AvgIpc) is 3.39. The molecule has 4 nitrogen and oxygen atoms in total. The van der Waals surface area contributed by atoms with E-state index in [1.807, 2.05) is 11.8 Å². The van der Waals surface area contributed by atoms with E-state index in [0.717, 1.165) is 31.2 Å². The smallest absolute Gasteiger partial charge is 0.226 e. The molecule has 0 radical (unpaired) electrons. The zero-order valence-electron chi connectivity index (χ0n) is 13.4. The maximum absolute atomic E-state index is 13.2. The van der Waals surface area contributed by atoms with E-state index in [0.29, 0.717) is 13.1 Å². The number of likely N-dealkylation sites (tertiary alicyclic amines) is 1. The van der Waals surface area contributed by atoms with Crippen LogP contribution in [-0.4, -0.2) is 29.8 Å². The molecule has 23 heavy (non-hydrogen) atoms. The van der Waals surface area contributed by atoms with Crippen LogP contribution in [0.25, 0.3) is 0 Å². The fraction of sp³-hybridized carbons (Fsp3) is 0.556. The van der Waals surface area contributed by atoms with E-state index < -0.39 is 0 Å². The molecule has 1 aliphatic carbocycles. The van der Waals surface area contributed by atoms with Crippen LogP contribution in [-0.2, 0) is 9.59 Å². The van der Waals surface area contributed by atoms with Crippen molar-refractivity contribution in [2.75, 3.05) is 13.1 Å². The van der Waals surface area contributed by atoms with Gasteiger partial charge in [0.1, 0.15) is 5.82 Å². The molecule has 2 amide bonds. The molecule has 1 aromatic carbocycles. The Balaban J connectivity index is 1.79. The second-order valence-electron chi connectivity index (χ2n) is 6.50. The van der Waals surface area contributed by atoms with Crippen molar-refractivity contribution in [1.82, 2.24) is 10.2 Å². The van der Waals surface area contributed by atoms with Crippen molar-refractivity contribution >= 4 is 11.8 Å². The van der Waals surface area contributed by atoms with Gasteiger partial charge in [-0.25, -0.2) is 4.39 Å². The Morgan fingerprint density at radius 3 is 2.39 bits per heavy atom. The van der Waals surface area contributed by atoms with E-state index in [9.17, 15) is 14.0 Å². The van der Waals surface area contributed by atoms with Gasteiger partial charge in [-0.05, 0) is 50.3 Å². The van der Waals surface area contributed by atoms with Gasteiger partial charge >= 0.3 is 0 Å². The minimum absolute atomic E-state index is 0.0265. The third kappa shape index (κ3) is 3.54. The van der Waals surface area contributed by atoms with Gasteiger partial charge in [-0.2, -0.15) is 0 Å². The lowest BCUT2D eigenvalue weighted by molar-refractivity contribution is -0.140. The van der Waals surface area contributed by atoms with Crippen LogP contribution in [0.5, 0.6) is 0 Å². The zero-order chi connectivity index (χ0) is 16.4. The van der Waals surface area contributed by atoms with E-state index in [4.69, 9.17) is 0 Å². The first-order valence-corrected chi connectivity index (χ1v) is 8.43. The summed E-state index contributed by atoms with van der Waals surface area (Å²) in [5.74, 6) is -0.128. The summed E-state index contributed by atoms with van der Waals surface area (Å²) in [5.41, 5.74) is 0.953. The molecule has 124 valence electrons. The van der Waals surface area contributed by atoms with Crippen LogP contribution in [0.1, 0.15) is 44.2 Å². The molecule has 1 saturated carbocycles. The number of nitrogens with one attached hydrogen (secondary N) is 1. The first-order chi connectivity index (χ1) is 11.1. The van der Waals surface area contributed by atoms with Crippen LogP contribution in [0.3, 0.4) is 0 Å². The summed E-state index contributed by atoms with van der Waals surface area (Å²) in [6, 6.07) is 6.32. The molecule has 0 bridgehead atoms. The molecule has 1 aromatic rings. The van der Waals surface area contributed by atoms with Crippen molar-refractivity contribution in [3.8, 4) is 0 Å². The second kappa shape index (κ2) is 6.69. The molecule has 0 spiro atoms. The Hall–Kier alpha value is -1.91. The highest BCUT2D eigenvalue weighted by Gasteiger charge is 2.41. The summed E-state index contributed by atoms with van der Waals surface area (Å²) in [6.45, 7) is 2.96. The predicted molar refractivity (Wildman–Crippen MR) is 85.0 cm³/mol. The van der Waals surface area contributed by atoms with Crippen LogP contribution >= 0.6 is 0 Å². The lowest BCUT2D eigenvalue weighted by atomic mass is 9.88. The minimum atomic E-state index is -0.273. The van der Waals surface area contributed by atoms with Crippen molar-refractivity contribution in [3.63, 3.8) is 0 Å². The van der Waals surface area contributed by atoms with E-state index in [2.05, 4.69) is 5.32 Å². The van der Waals surface area contributed by atoms with Crippen LogP contribution in [0.2, 0.25) is 0 Å². The Bertz CT molecular complexity index is 583. The summed E-state index contributed by atoms with van der Waals surface area (Å²) < 4.78 is 13.2. The molecule has 1 aliphatic heterocycles. The standard InChI is InChI=1S/C18H23FN2O2/c1-2-20-17(22)14-7-10-16(12-5-8-15(19)9-6-12)21(11-14)18(23)13-3-4-13/h5-6,8-9,13-14,16H,2-4,7,10-11H2,1H3,(H,20,22). The van der Waals surface area contributed by atoms with Crippen molar-refractivity contribution in [2.45, 2.75) is 38.6 Å². The largest absolute Gasteiger partial charge is 0.356 e. The highest BCUT2D eigenvalue weighted by molar-refractivity contribution is 5.84. The summed E-state index contributed by atoms with van der Waals surface area (Å²) >= 11 is 0. The van der Waals surface area contributed by atoms with E-state index in [1.54, 1.807) is 12.1 Å². The lowest BCUT2D eigenvalue weighted by Crippen LogP contribution is -2.47. The molecule has 2 aliphatic rings. The third-order valence-electron chi connectivity index (χ3n) is 4.77. The minimum Gasteiger partial charge on any atom is -0.356 e. The SMILES string of the molecule is CCNC(=O)C1CCC(c2ccc(F)cc2)N(C(=O)C2CC2)C1. The molecule has 2 unspecified atom stereocenters. The highest BCUT2D eigenvalue weighted by atomic mass is 19.1. The van der Waals surface area contributed by atoms with Crippen LogP contribution in [0, 0.1) is 17.7 Å². The second-order valence-corrected chi connectivity index (χ2v) is 6.50. The highest BCUT2D eigenvalue weighted by Crippen LogP contribution is 2.39. The van der Waals surface area contributed by atoms with Gasteiger partial charge in [0.25, 0.3) is 0 Å². The number of rotatable bonds is 4. The van der Waals surface area contributed by atoms with Gasteiger partial charge in [0.2, 0.25) is 11.8 Å². The molecule has 0 aromatic heterocycles. The van der Waals surface area contributed by atoms with Gasteiger partial charge < -0.3 is 10.2 Å². The number of carbonyl (C=O) groups excluding carboxylic acids is 2. The zero-order valence-corrected chi connectivity index (χ0v) is 13.4. The Morgan fingerprint density at radius 2 is 1.78 bits per heavy atom. The van der Waals surface area contributed by atoms with E-state index in [1.165, 1.54) is 12.1 Å². The topological polar surface area (TPSA) is 49.4 Å². The van der Waals surface area contributed by atoms with Crippen molar-refractivity contribution < 1.29 is 14.0 Å². The van der Waals surface area contributed by atoms with E-state index in [-0.39, 0.29) is 35.5 Å². The Morgan fingerprint density at radius 1 is 1.13 bits per heavy atom. The molecule has 2 atom stereocenters. The Labute approximate surface area is 136 Å². The fourth-order valence-electron chi connectivity index (χ4n) is 3.34. The molecule has 1 heterocycles. The normalized spacial score (nSPS) is 24.3. The number of hydrogen-bond donors (Lipinski definition) is 1. The van der Waals surface area contributed by atoms with Crippen LogP contribution in [0.4, 0.5) is 4.39 Å². The van der Waals surface area contributed by atoms with Crippen LogP contribution < -0.4 is 5.32 Å². The molecular formula is C18H23FN2O2. The molecule has 1 saturated heterocycles. The van der Waals surface area contributed by atoms with Gasteiger partial charge in [-0.1, -0.05) is 12.1 Å². The van der Waals surface area contributed by atoms with Gasteiger partial charge in [-0.3, -0.25) is 9.59 Å². The molecular weight excluding hydrogens is 295 g/mol. The number of hydrogen-bond acceptors (Lipinski definition) is 2. The first kappa shape index (κ1) is 16.0. The molecule has 5 heteroatoms. The number of benzene rings is 1. The Kier molecular flexibility index (Phi) is 4.64. The van der Waals surface area contributed by atoms with Crippen molar-refractivity contribution in [3.05, 3.63) is 35.6 Å². The van der Waals surface area contributed by atoms with E-state index >= 15 is 0 Å². The summed E-state index contributed by atoms with van der Waals surface area (Å²) in [7, 11) is 0. The summed E-state index contributed by atoms with van der Waals surface area (Å²) in [6.07, 6.45) is 3.38. The van der Waals surface area contributed by atoms with Gasteiger partial charge in [0.05, 0.1) is 12.0 Å². The van der Waals surface area contributed by atoms with Crippen molar-refractivity contribution in [2.24, 2.45) is 11.8 Å². The fourth-order valence-corrected chi connectivity index (χ4v) is 3.34. The maximum atomic E-state index is 13.2. The number of halogens is 1. The summed E-state index contributed by atoms with van der Waals surface area (Å²) in [5, 5.41) is 2.86.